The van der Waals surface area contributed by atoms with Gasteiger partial charge in [-0.25, -0.2) is 4.39 Å². The predicted octanol–water partition coefficient (Wildman–Crippen LogP) is 2.84. The van der Waals surface area contributed by atoms with E-state index in [4.69, 9.17) is 10.5 Å². The lowest BCUT2D eigenvalue weighted by Gasteiger charge is -2.65. The highest BCUT2D eigenvalue weighted by Crippen LogP contribution is 2.57. The lowest BCUT2D eigenvalue weighted by Crippen LogP contribution is -2.82. The third-order valence-corrected chi connectivity index (χ3v) is 6.10. The number of aryl methyl sites for hydroxylation is 1. The first kappa shape index (κ1) is 17.4. The molecule has 4 atom stereocenters. The van der Waals surface area contributed by atoms with E-state index in [1.807, 2.05) is 26.8 Å². The van der Waals surface area contributed by atoms with Gasteiger partial charge in [-0.1, -0.05) is 26.0 Å². The van der Waals surface area contributed by atoms with Crippen LogP contribution in [-0.2, 0) is 9.53 Å². The van der Waals surface area contributed by atoms with E-state index in [2.05, 4.69) is 5.32 Å². The van der Waals surface area contributed by atoms with Crippen LogP contribution in [0.3, 0.4) is 0 Å². The van der Waals surface area contributed by atoms with Crippen LogP contribution in [0, 0.1) is 24.1 Å². The summed E-state index contributed by atoms with van der Waals surface area (Å²) < 4.78 is 19.6. The van der Waals surface area contributed by atoms with Crippen molar-refractivity contribution >= 4 is 5.91 Å². The average molecular weight is 334 g/mol. The number of nitrogens with two attached hydrogens (primary N) is 1. The summed E-state index contributed by atoms with van der Waals surface area (Å²) in [5, 5.41) is 2.99. The van der Waals surface area contributed by atoms with Gasteiger partial charge in [0, 0.05) is 17.9 Å². The normalized spacial score (nSPS) is 32.4. The van der Waals surface area contributed by atoms with Crippen LogP contribution in [0.2, 0.25) is 0 Å². The van der Waals surface area contributed by atoms with Crippen molar-refractivity contribution < 1.29 is 13.9 Å². The minimum atomic E-state index is -0.949. The van der Waals surface area contributed by atoms with Crippen molar-refractivity contribution in [2.24, 2.45) is 17.1 Å². The van der Waals surface area contributed by atoms with Gasteiger partial charge < -0.3 is 15.8 Å². The van der Waals surface area contributed by atoms with E-state index >= 15 is 0 Å². The van der Waals surface area contributed by atoms with Gasteiger partial charge in [0.05, 0.1) is 12.1 Å². The van der Waals surface area contributed by atoms with Crippen LogP contribution < -0.4 is 11.1 Å². The largest absolute Gasteiger partial charge is 0.377 e. The molecule has 3 N–H and O–H groups in total. The van der Waals surface area contributed by atoms with Gasteiger partial charge in [0.15, 0.2) is 0 Å². The first-order chi connectivity index (χ1) is 11.2. The van der Waals surface area contributed by atoms with Gasteiger partial charge in [0.25, 0.3) is 0 Å². The van der Waals surface area contributed by atoms with Crippen LogP contribution in [-0.4, -0.2) is 24.2 Å². The number of halogens is 1. The molecule has 24 heavy (non-hydrogen) atoms. The number of carbonyl (C=O) groups excluding carboxylic acids is 1. The fourth-order valence-electron chi connectivity index (χ4n) is 4.31. The Balaban J connectivity index is 1.77. The zero-order valence-corrected chi connectivity index (χ0v) is 14.9. The van der Waals surface area contributed by atoms with E-state index in [-0.39, 0.29) is 29.8 Å². The van der Waals surface area contributed by atoms with Gasteiger partial charge in [0.2, 0.25) is 5.91 Å². The Kier molecular flexibility index (Phi) is 4.21. The molecule has 1 heterocycles. The highest BCUT2D eigenvalue weighted by molar-refractivity contribution is 5.89. The molecule has 2 aliphatic rings. The number of nitrogens with one attached hydrogen (secondary N) is 1. The molecule has 1 aliphatic carbocycles. The minimum Gasteiger partial charge on any atom is -0.377 e. The first-order valence-corrected chi connectivity index (χ1v) is 8.67. The Morgan fingerprint density at radius 3 is 2.83 bits per heavy atom. The number of carbonyl (C=O) groups is 1. The van der Waals surface area contributed by atoms with Gasteiger partial charge in [-0.3, -0.25) is 4.79 Å². The second kappa shape index (κ2) is 5.81. The fraction of sp³-hybridized carbons (Fsp3) is 0.632. The number of hydrogen-bond donors (Lipinski definition) is 2. The molecular weight excluding hydrogens is 307 g/mol. The maximum Gasteiger partial charge on any atom is 0.241 e. The summed E-state index contributed by atoms with van der Waals surface area (Å²) in [4.78, 5) is 13.0. The average Bonchev–Trinajstić information content (AvgIpc) is 2.56. The fourth-order valence-corrected chi connectivity index (χ4v) is 4.31. The van der Waals surface area contributed by atoms with Crippen molar-refractivity contribution in [2.45, 2.75) is 58.2 Å². The van der Waals surface area contributed by atoms with Crippen molar-refractivity contribution in [1.29, 1.82) is 0 Å². The highest BCUT2D eigenvalue weighted by Gasteiger charge is 2.70. The van der Waals surface area contributed by atoms with E-state index < -0.39 is 11.0 Å². The number of ether oxygens (including phenoxy) is 1. The Morgan fingerprint density at radius 1 is 1.46 bits per heavy atom. The SMILES string of the molecule is Cc1ccc(C(C)NC(=O)C2(N)C3CCCOC3C2(C)C)cc1F. The number of rotatable bonds is 3. The number of benzene rings is 1. The molecule has 4 unspecified atom stereocenters. The Morgan fingerprint density at radius 2 is 2.17 bits per heavy atom. The molecule has 1 aliphatic heterocycles. The van der Waals surface area contributed by atoms with Crippen molar-refractivity contribution in [2.75, 3.05) is 6.61 Å². The Bertz CT molecular complexity index is 661. The molecule has 1 saturated heterocycles. The zero-order valence-electron chi connectivity index (χ0n) is 14.9. The molecule has 1 aromatic carbocycles. The highest BCUT2D eigenvalue weighted by atomic mass is 19.1. The maximum absolute atomic E-state index is 13.8. The van der Waals surface area contributed by atoms with Crippen molar-refractivity contribution in [3.63, 3.8) is 0 Å². The molecule has 132 valence electrons. The first-order valence-electron chi connectivity index (χ1n) is 8.67. The summed E-state index contributed by atoms with van der Waals surface area (Å²) in [6, 6.07) is 4.74. The monoisotopic (exact) mass is 334 g/mol. The van der Waals surface area contributed by atoms with E-state index in [1.54, 1.807) is 13.0 Å². The van der Waals surface area contributed by atoms with Crippen LogP contribution in [0.5, 0.6) is 0 Å². The van der Waals surface area contributed by atoms with Crippen LogP contribution in [0.1, 0.15) is 50.8 Å². The summed E-state index contributed by atoms with van der Waals surface area (Å²) in [7, 11) is 0. The predicted molar refractivity (Wildman–Crippen MR) is 90.9 cm³/mol. The summed E-state index contributed by atoms with van der Waals surface area (Å²) in [5.41, 5.74) is 6.56. The van der Waals surface area contributed by atoms with Crippen molar-refractivity contribution in [3.05, 3.63) is 35.1 Å². The van der Waals surface area contributed by atoms with E-state index in [0.29, 0.717) is 5.56 Å². The van der Waals surface area contributed by atoms with E-state index in [1.165, 1.54) is 6.07 Å². The molecule has 0 radical (unpaired) electrons. The van der Waals surface area contributed by atoms with E-state index in [0.717, 1.165) is 25.0 Å². The second-order valence-electron chi connectivity index (χ2n) is 7.83. The summed E-state index contributed by atoms with van der Waals surface area (Å²) in [6.07, 6.45) is 1.88. The molecule has 3 rings (SSSR count). The molecule has 0 aromatic heterocycles. The van der Waals surface area contributed by atoms with Gasteiger partial charge in [-0.15, -0.1) is 0 Å². The number of hydrogen-bond acceptors (Lipinski definition) is 3. The molecule has 2 fully saturated rings. The van der Waals surface area contributed by atoms with Crippen LogP contribution in [0.25, 0.3) is 0 Å². The standard InChI is InChI=1S/C19H27FN2O2/c1-11-7-8-13(10-15(11)20)12(2)22-17(23)19(21)14-6-5-9-24-16(14)18(19,3)4/h7-8,10,12,14,16H,5-6,9,21H2,1-4H3,(H,22,23). The summed E-state index contributed by atoms with van der Waals surface area (Å²) >= 11 is 0. The summed E-state index contributed by atoms with van der Waals surface area (Å²) in [6.45, 7) is 8.30. The Hall–Kier alpha value is -1.46. The third-order valence-electron chi connectivity index (χ3n) is 6.10. The lowest BCUT2D eigenvalue weighted by atomic mass is 9.46. The van der Waals surface area contributed by atoms with Gasteiger partial charge in [-0.05, 0) is 43.9 Å². The molecule has 1 saturated carbocycles. The number of amides is 1. The lowest BCUT2D eigenvalue weighted by molar-refractivity contribution is -0.225. The number of fused-ring (bicyclic) bond motifs is 1. The van der Waals surface area contributed by atoms with Crippen LogP contribution in [0.15, 0.2) is 18.2 Å². The quantitative estimate of drug-likeness (QED) is 0.893. The zero-order chi connectivity index (χ0) is 17.7. The third kappa shape index (κ3) is 2.37. The van der Waals surface area contributed by atoms with Gasteiger partial charge in [0.1, 0.15) is 11.4 Å². The Labute approximate surface area is 142 Å². The maximum atomic E-state index is 13.8. The van der Waals surface area contributed by atoms with Gasteiger partial charge in [-0.2, -0.15) is 0 Å². The molecule has 0 spiro atoms. The second-order valence-corrected chi connectivity index (χ2v) is 7.83. The molecule has 1 amide bonds. The molecule has 0 bridgehead atoms. The van der Waals surface area contributed by atoms with E-state index in [9.17, 15) is 9.18 Å². The molecule has 5 heteroatoms. The molecule has 1 aromatic rings. The minimum absolute atomic E-state index is 0.0362. The van der Waals surface area contributed by atoms with Crippen LogP contribution in [0.4, 0.5) is 4.39 Å². The topological polar surface area (TPSA) is 64.4 Å². The van der Waals surface area contributed by atoms with Crippen molar-refractivity contribution in [1.82, 2.24) is 5.32 Å². The summed E-state index contributed by atoms with van der Waals surface area (Å²) in [5.74, 6) is -0.392. The smallest absolute Gasteiger partial charge is 0.241 e. The van der Waals surface area contributed by atoms with Gasteiger partial charge >= 0.3 is 0 Å². The van der Waals surface area contributed by atoms with Crippen LogP contribution >= 0.6 is 0 Å². The molecule has 4 nitrogen and oxygen atoms in total. The molecular formula is C19H27FN2O2. The van der Waals surface area contributed by atoms with Crippen molar-refractivity contribution in [3.8, 4) is 0 Å².